The number of ether oxygens (including phenoxy) is 2. The third-order valence-corrected chi connectivity index (χ3v) is 6.20. The molecule has 4 rings (SSSR count). The second-order valence-corrected chi connectivity index (χ2v) is 8.01. The summed E-state index contributed by atoms with van der Waals surface area (Å²) >= 11 is 0. The third-order valence-electron chi connectivity index (χ3n) is 6.20. The van der Waals surface area contributed by atoms with Crippen LogP contribution in [-0.2, 0) is 14.3 Å². The zero-order valence-electron chi connectivity index (χ0n) is 17.2. The first-order valence-corrected chi connectivity index (χ1v) is 9.88. The topological polar surface area (TPSA) is 144 Å². The van der Waals surface area contributed by atoms with Crippen LogP contribution >= 0.6 is 0 Å². The minimum atomic E-state index is -0.314. The second kappa shape index (κ2) is 8.97. The fraction of sp³-hybridized carbons (Fsp3) is 0.600. The van der Waals surface area contributed by atoms with Crippen LogP contribution in [0.5, 0.6) is 5.75 Å². The standard InChI is InChI=1S/C19H26N4O4.CH2O2/c1-11-5-12(16(26-2)7-21-11)18(25)22-6-13-14-8-23(9-17(20)24)10-19(14)4-3-15(13)27-19;2-1-3/h5,7,13-15H,3-4,6,8-10H2,1-2H3,(H2,20,24)(H,22,25);1H,(H,2,3)/t13-,14+,15+,19+;/m0./s1. The van der Waals surface area contributed by atoms with Crippen molar-refractivity contribution in [1.82, 2.24) is 15.2 Å². The molecule has 1 aromatic rings. The van der Waals surface area contributed by atoms with Gasteiger partial charge in [-0.3, -0.25) is 24.3 Å². The number of nitrogens with zero attached hydrogens (tertiary/aromatic N) is 2. The van der Waals surface area contributed by atoms with E-state index in [-0.39, 0.29) is 42.5 Å². The maximum atomic E-state index is 12.7. The monoisotopic (exact) mass is 420 g/mol. The van der Waals surface area contributed by atoms with Gasteiger partial charge >= 0.3 is 0 Å². The van der Waals surface area contributed by atoms with Gasteiger partial charge in [0.05, 0.1) is 37.1 Å². The number of methoxy groups -OCH3 is 1. The number of likely N-dealkylation sites (tertiary alicyclic amines) is 1. The van der Waals surface area contributed by atoms with Crippen LogP contribution in [0, 0.1) is 18.8 Å². The number of carboxylic acid groups (broad SMARTS) is 1. The molecule has 1 spiro atoms. The molecule has 0 aliphatic carbocycles. The van der Waals surface area contributed by atoms with E-state index in [1.165, 1.54) is 7.11 Å². The summed E-state index contributed by atoms with van der Waals surface area (Å²) < 4.78 is 11.6. The Morgan fingerprint density at radius 3 is 2.93 bits per heavy atom. The van der Waals surface area contributed by atoms with Crippen LogP contribution in [0.15, 0.2) is 12.3 Å². The number of pyridine rings is 1. The summed E-state index contributed by atoms with van der Waals surface area (Å²) in [5.74, 6) is 0.547. The van der Waals surface area contributed by atoms with Crippen LogP contribution in [0.4, 0.5) is 0 Å². The molecule has 3 fully saturated rings. The Balaban J connectivity index is 0.000000806. The van der Waals surface area contributed by atoms with E-state index in [2.05, 4.69) is 15.2 Å². The first kappa shape index (κ1) is 22.0. The zero-order chi connectivity index (χ0) is 21.9. The summed E-state index contributed by atoms with van der Waals surface area (Å²) in [4.78, 5) is 38.6. The van der Waals surface area contributed by atoms with Crippen molar-refractivity contribution < 1.29 is 29.0 Å². The summed E-state index contributed by atoms with van der Waals surface area (Å²) in [6.45, 7) is 3.94. The van der Waals surface area contributed by atoms with Gasteiger partial charge in [-0.2, -0.15) is 0 Å². The van der Waals surface area contributed by atoms with Crippen molar-refractivity contribution in [1.29, 1.82) is 0 Å². The van der Waals surface area contributed by atoms with E-state index in [0.717, 1.165) is 31.6 Å². The number of aryl methyl sites for hydroxylation is 1. The molecule has 4 heterocycles. The lowest BCUT2D eigenvalue weighted by molar-refractivity contribution is -0.123. The Hall–Kier alpha value is -2.72. The molecule has 164 valence electrons. The first-order chi connectivity index (χ1) is 14.3. The third kappa shape index (κ3) is 4.24. The van der Waals surface area contributed by atoms with Gasteiger partial charge in [-0.15, -0.1) is 0 Å². The van der Waals surface area contributed by atoms with Crippen LogP contribution in [0.2, 0.25) is 0 Å². The number of rotatable bonds is 6. The fourth-order valence-electron chi connectivity index (χ4n) is 5.09. The zero-order valence-corrected chi connectivity index (χ0v) is 17.2. The van der Waals surface area contributed by atoms with Gasteiger partial charge in [0.1, 0.15) is 5.75 Å². The largest absolute Gasteiger partial charge is 0.494 e. The molecule has 0 aromatic carbocycles. The lowest BCUT2D eigenvalue weighted by Gasteiger charge is -2.29. The van der Waals surface area contributed by atoms with Gasteiger partial charge in [-0.25, -0.2) is 0 Å². The van der Waals surface area contributed by atoms with Gasteiger partial charge in [0.25, 0.3) is 12.4 Å². The quantitative estimate of drug-likeness (QED) is 0.537. The Labute approximate surface area is 174 Å². The van der Waals surface area contributed by atoms with Crippen molar-refractivity contribution in [3.8, 4) is 5.75 Å². The Morgan fingerprint density at radius 1 is 1.53 bits per heavy atom. The molecule has 0 radical (unpaired) electrons. The molecule has 0 unspecified atom stereocenters. The number of carbonyl (C=O) groups is 3. The molecule has 2 bridgehead atoms. The van der Waals surface area contributed by atoms with Gasteiger partial charge in [0.2, 0.25) is 5.91 Å². The van der Waals surface area contributed by atoms with E-state index in [1.807, 2.05) is 6.92 Å². The number of fused-ring (bicyclic) bond motifs is 1. The highest BCUT2D eigenvalue weighted by Crippen LogP contribution is 2.54. The summed E-state index contributed by atoms with van der Waals surface area (Å²) in [5, 5.41) is 9.94. The molecular weight excluding hydrogens is 392 g/mol. The van der Waals surface area contributed by atoms with Crippen molar-refractivity contribution in [2.45, 2.75) is 31.5 Å². The van der Waals surface area contributed by atoms with E-state index in [4.69, 9.17) is 25.1 Å². The van der Waals surface area contributed by atoms with E-state index in [0.29, 0.717) is 23.8 Å². The van der Waals surface area contributed by atoms with Gasteiger partial charge in [-0.1, -0.05) is 0 Å². The van der Waals surface area contributed by atoms with E-state index in [1.54, 1.807) is 12.3 Å². The Bertz CT molecular complexity index is 818. The van der Waals surface area contributed by atoms with Crippen LogP contribution in [0.3, 0.4) is 0 Å². The molecule has 0 saturated carbocycles. The number of hydrogen-bond acceptors (Lipinski definition) is 7. The molecule has 4 N–H and O–H groups in total. The fourth-order valence-corrected chi connectivity index (χ4v) is 5.09. The van der Waals surface area contributed by atoms with E-state index in [9.17, 15) is 9.59 Å². The van der Waals surface area contributed by atoms with Crippen molar-refractivity contribution >= 4 is 18.3 Å². The maximum Gasteiger partial charge on any atom is 0.290 e. The van der Waals surface area contributed by atoms with Crippen LogP contribution in [-0.4, -0.2) is 78.3 Å². The number of amides is 2. The minimum absolute atomic E-state index is 0.166. The van der Waals surface area contributed by atoms with E-state index < -0.39 is 0 Å². The highest BCUT2D eigenvalue weighted by atomic mass is 16.5. The van der Waals surface area contributed by atoms with Crippen molar-refractivity contribution in [2.75, 3.05) is 33.3 Å². The van der Waals surface area contributed by atoms with E-state index >= 15 is 0 Å². The van der Waals surface area contributed by atoms with Crippen LogP contribution in [0.1, 0.15) is 28.9 Å². The number of carbonyl (C=O) groups excluding carboxylic acids is 2. The summed E-state index contributed by atoms with van der Waals surface area (Å²) in [6.07, 6.45) is 3.75. The van der Waals surface area contributed by atoms with Crippen molar-refractivity contribution in [3.63, 3.8) is 0 Å². The number of nitrogens with one attached hydrogen (secondary N) is 1. The van der Waals surface area contributed by atoms with Gasteiger partial charge < -0.3 is 25.6 Å². The second-order valence-electron chi connectivity index (χ2n) is 8.01. The molecule has 10 nitrogen and oxygen atoms in total. The smallest absolute Gasteiger partial charge is 0.290 e. The summed E-state index contributed by atoms with van der Waals surface area (Å²) in [7, 11) is 1.53. The first-order valence-electron chi connectivity index (χ1n) is 9.88. The maximum absolute atomic E-state index is 12.7. The lowest BCUT2D eigenvalue weighted by atomic mass is 9.73. The predicted octanol–water partition coefficient (Wildman–Crippen LogP) is -0.206. The molecular formula is C20H28N4O6. The molecule has 4 atom stereocenters. The Morgan fingerprint density at radius 2 is 2.27 bits per heavy atom. The number of nitrogens with two attached hydrogens (primary N) is 1. The lowest BCUT2D eigenvalue weighted by Crippen LogP contribution is -2.42. The number of primary amides is 1. The number of hydrogen-bond donors (Lipinski definition) is 3. The minimum Gasteiger partial charge on any atom is -0.494 e. The van der Waals surface area contributed by atoms with Crippen LogP contribution in [0.25, 0.3) is 0 Å². The summed E-state index contributed by atoms with van der Waals surface area (Å²) in [5.41, 5.74) is 6.44. The number of aromatic nitrogens is 1. The van der Waals surface area contributed by atoms with Crippen molar-refractivity contribution in [2.24, 2.45) is 17.6 Å². The summed E-state index contributed by atoms with van der Waals surface area (Å²) in [6, 6.07) is 1.73. The van der Waals surface area contributed by atoms with Gasteiger partial charge in [0.15, 0.2) is 0 Å². The molecule has 1 aromatic heterocycles. The van der Waals surface area contributed by atoms with Crippen LogP contribution < -0.4 is 15.8 Å². The molecule has 3 saturated heterocycles. The molecule has 3 aliphatic rings. The molecule has 30 heavy (non-hydrogen) atoms. The highest BCUT2D eigenvalue weighted by Gasteiger charge is 2.62. The Kier molecular flexibility index (Phi) is 6.57. The molecule has 10 heteroatoms. The average molecular weight is 420 g/mol. The van der Waals surface area contributed by atoms with Gasteiger partial charge in [-0.05, 0) is 25.8 Å². The van der Waals surface area contributed by atoms with Crippen molar-refractivity contribution in [3.05, 3.63) is 23.5 Å². The highest BCUT2D eigenvalue weighted by molar-refractivity contribution is 5.96. The molecule has 3 aliphatic heterocycles. The average Bonchev–Trinajstić information content (AvgIpc) is 3.34. The SMILES string of the molecule is COc1cnc(C)cc1C(=O)NC[C@H]1[C@H]2CN(CC(N)=O)C[C@]23CC[C@H]1O3.O=CO. The predicted molar refractivity (Wildman–Crippen MR) is 106 cm³/mol. The van der Waals surface area contributed by atoms with Gasteiger partial charge in [0, 0.05) is 37.2 Å². The normalized spacial score (nSPS) is 28.9. The molecule has 2 amide bonds.